The molecule has 4 atom stereocenters. The summed E-state index contributed by atoms with van der Waals surface area (Å²) in [5.74, 6) is -6.13. The maximum Gasteiger partial charge on any atom is 0.326 e. The largest absolute Gasteiger partial charge is 0.508 e. The van der Waals surface area contributed by atoms with Gasteiger partial charge in [0.15, 0.2) is 0 Å². The molecule has 2 rings (SSSR count). The fourth-order valence-electron chi connectivity index (χ4n) is 3.93. The van der Waals surface area contributed by atoms with Gasteiger partial charge in [-0.1, -0.05) is 24.3 Å². The van der Waals surface area contributed by atoms with E-state index in [2.05, 4.69) is 16.0 Å². The summed E-state index contributed by atoms with van der Waals surface area (Å²) < 4.78 is 0. The minimum absolute atomic E-state index is 0.0427. The molecular weight excluding hydrogens is 566 g/mol. The lowest BCUT2D eigenvalue weighted by molar-refractivity contribution is -0.143. The van der Waals surface area contributed by atoms with Crippen LogP contribution in [0, 0.1) is 0 Å². The zero-order chi connectivity index (χ0) is 32.1. The molecule has 43 heavy (non-hydrogen) atoms. The number of carbonyl (C=O) groups is 6. The molecule has 2 aromatic carbocycles. The minimum atomic E-state index is -1.51. The Morgan fingerprint density at radius 1 is 0.628 bits per heavy atom. The number of rotatable bonds is 17. The highest BCUT2D eigenvalue weighted by atomic mass is 16.4. The van der Waals surface area contributed by atoms with Crippen molar-refractivity contribution in [2.75, 3.05) is 0 Å². The van der Waals surface area contributed by atoms with Crippen molar-refractivity contribution in [2.24, 2.45) is 11.5 Å². The van der Waals surface area contributed by atoms with Crippen LogP contribution in [0.5, 0.6) is 11.5 Å². The molecule has 4 unspecified atom stereocenters. The van der Waals surface area contributed by atoms with Crippen LogP contribution >= 0.6 is 0 Å². The summed E-state index contributed by atoms with van der Waals surface area (Å²) in [5, 5.41) is 45.0. The van der Waals surface area contributed by atoms with Crippen LogP contribution in [0.1, 0.15) is 36.8 Å². The zero-order valence-corrected chi connectivity index (χ0v) is 23.1. The van der Waals surface area contributed by atoms with Crippen molar-refractivity contribution in [3.63, 3.8) is 0 Å². The molecule has 0 aliphatic rings. The van der Waals surface area contributed by atoms with E-state index in [9.17, 15) is 49.2 Å². The second-order valence-corrected chi connectivity index (χ2v) is 9.81. The maximum atomic E-state index is 13.4. The van der Waals surface area contributed by atoms with E-state index in [-0.39, 0.29) is 37.2 Å². The standard InChI is InChI=1S/C28H35N5O10/c29-19(9-11-23(30)36)25(39)32-21(13-15-1-5-17(34)6-2-15)27(41)31-20(10-12-24(37)38)26(40)33-22(28(42)43)14-16-3-7-18(35)8-4-16/h1-8,19-22,34-35H,9-14,29H2,(H2,30,36)(H,31,41)(H,32,39)(H,33,40)(H,37,38)(H,42,43). The zero-order valence-electron chi connectivity index (χ0n) is 23.1. The van der Waals surface area contributed by atoms with Gasteiger partial charge in [-0.05, 0) is 48.2 Å². The number of nitrogens with two attached hydrogens (primary N) is 2. The van der Waals surface area contributed by atoms with Crippen molar-refractivity contribution in [3.8, 4) is 11.5 Å². The van der Waals surface area contributed by atoms with Crippen molar-refractivity contribution >= 4 is 35.6 Å². The van der Waals surface area contributed by atoms with E-state index in [4.69, 9.17) is 11.5 Å². The summed E-state index contributed by atoms with van der Waals surface area (Å²) in [7, 11) is 0. The number of carbonyl (C=O) groups excluding carboxylic acids is 4. The van der Waals surface area contributed by atoms with Gasteiger partial charge >= 0.3 is 11.9 Å². The topological polar surface area (TPSA) is 271 Å². The van der Waals surface area contributed by atoms with Gasteiger partial charge in [-0.3, -0.25) is 24.0 Å². The van der Waals surface area contributed by atoms with Gasteiger partial charge in [-0.25, -0.2) is 4.79 Å². The highest BCUT2D eigenvalue weighted by Crippen LogP contribution is 2.14. The molecule has 0 radical (unpaired) electrons. The van der Waals surface area contributed by atoms with E-state index in [0.29, 0.717) is 11.1 Å². The summed E-state index contributed by atoms with van der Waals surface area (Å²) in [6.07, 6.45) is -1.56. The van der Waals surface area contributed by atoms with Crippen LogP contribution in [0.4, 0.5) is 0 Å². The second-order valence-electron chi connectivity index (χ2n) is 9.81. The van der Waals surface area contributed by atoms with Crippen LogP contribution < -0.4 is 27.4 Å². The Bertz CT molecular complexity index is 1300. The first-order chi connectivity index (χ1) is 20.2. The molecule has 0 fully saturated rings. The van der Waals surface area contributed by atoms with Gasteiger partial charge in [0.1, 0.15) is 29.6 Å². The number of nitrogens with one attached hydrogen (secondary N) is 3. The molecule has 0 heterocycles. The number of amides is 4. The lowest BCUT2D eigenvalue weighted by Gasteiger charge is -2.25. The average molecular weight is 602 g/mol. The predicted molar refractivity (Wildman–Crippen MR) is 150 cm³/mol. The third-order valence-electron chi connectivity index (χ3n) is 6.32. The first kappa shape index (κ1) is 34.0. The maximum absolute atomic E-state index is 13.4. The molecule has 0 spiro atoms. The summed E-state index contributed by atoms with van der Waals surface area (Å²) >= 11 is 0. The van der Waals surface area contributed by atoms with E-state index in [1.807, 2.05) is 0 Å². The summed E-state index contributed by atoms with van der Waals surface area (Å²) in [4.78, 5) is 73.5. The fourth-order valence-corrected chi connectivity index (χ4v) is 3.93. The number of hydrogen-bond acceptors (Lipinski definition) is 9. The average Bonchev–Trinajstić information content (AvgIpc) is 2.94. The molecule has 0 aromatic heterocycles. The molecule has 0 aliphatic heterocycles. The molecule has 0 saturated heterocycles. The van der Waals surface area contributed by atoms with Crippen molar-refractivity contribution in [1.82, 2.24) is 16.0 Å². The van der Waals surface area contributed by atoms with Crippen LogP contribution in [0.3, 0.4) is 0 Å². The number of primary amides is 1. The van der Waals surface area contributed by atoms with Gasteiger partial charge in [0, 0.05) is 25.7 Å². The predicted octanol–water partition coefficient (Wildman–Crippen LogP) is -1.12. The molecule has 0 bridgehead atoms. The number of benzene rings is 2. The van der Waals surface area contributed by atoms with Crippen molar-refractivity contribution in [1.29, 1.82) is 0 Å². The number of aliphatic carboxylic acids is 2. The van der Waals surface area contributed by atoms with Gasteiger partial charge in [-0.15, -0.1) is 0 Å². The molecule has 15 nitrogen and oxygen atoms in total. The molecule has 11 N–H and O–H groups in total. The number of aromatic hydroxyl groups is 2. The van der Waals surface area contributed by atoms with Crippen molar-refractivity contribution in [3.05, 3.63) is 59.7 Å². The summed E-state index contributed by atoms with van der Waals surface area (Å²) in [5.41, 5.74) is 11.9. The van der Waals surface area contributed by atoms with Crippen LogP contribution in [-0.2, 0) is 41.6 Å². The molecule has 4 amide bonds. The van der Waals surface area contributed by atoms with E-state index < -0.39 is 72.6 Å². The third-order valence-corrected chi connectivity index (χ3v) is 6.32. The number of carboxylic acids is 2. The Morgan fingerprint density at radius 3 is 1.53 bits per heavy atom. The Labute approximate surface area is 246 Å². The molecule has 0 aliphatic carbocycles. The Balaban J connectivity index is 2.26. The number of carboxylic acid groups (broad SMARTS) is 2. The van der Waals surface area contributed by atoms with E-state index >= 15 is 0 Å². The summed E-state index contributed by atoms with van der Waals surface area (Å²) in [6, 6.07) is 5.79. The highest BCUT2D eigenvalue weighted by molar-refractivity contribution is 5.94. The second kappa shape index (κ2) is 16.3. The minimum Gasteiger partial charge on any atom is -0.508 e. The Kier molecular flexibility index (Phi) is 12.9. The van der Waals surface area contributed by atoms with Gasteiger partial charge < -0.3 is 47.8 Å². The van der Waals surface area contributed by atoms with Gasteiger partial charge in [-0.2, -0.15) is 0 Å². The molecule has 0 saturated carbocycles. The van der Waals surface area contributed by atoms with Gasteiger partial charge in [0.2, 0.25) is 23.6 Å². The van der Waals surface area contributed by atoms with E-state index in [1.54, 1.807) is 0 Å². The molecular formula is C28H35N5O10. The van der Waals surface area contributed by atoms with Gasteiger partial charge in [0.25, 0.3) is 0 Å². The first-order valence-electron chi connectivity index (χ1n) is 13.2. The highest BCUT2D eigenvalue weighted by Gasteiger charge is 2.31. The van der Waals surface area contributed by atoms with Crippen LogP contribution in [-0.4, -0.2) is 80.2 Å². The van der Waals surface area contributed by atoms with Crippen LogP contribution in [0.25, 0.3) is 0 Å². The number of phenolic OH excluding ortho intramolecular Hbond substituents is 2. The van der Waals surface area contributed by atoms with Crippen LogP contribution in [0.2, 0.25) is 0 Å². The van der Waals surface area contributed by atoms with Gasteiger partial charge in [0.05, 0.1) is 6.04 Å². The normalized spacial score (nSPS) is 13.5. The monoisotopic (exact) mass is 601 g/mol. The SMILES string of the molecule is NC(=O)CCC(N)C(=O)NC(Cc1ccc(O)cc1)C(=O)NC(CCC(=O)O)C(=O)NC(Cc1ccc(O)cc1)C(=O)O. The number of hydrogen-bond donors (Lipinski definition) is 9. The summed E-state index contributed by atoms with van der Waals surface area (Å²) in [6.45, 7) is 0. The smallest absolute Gasteiger partial charge is 0.326 e. The van der Waals surface area contributed by atoms with Crippen LogP contribution in [0.15, 0.2) is 48.5 Å². The lowest BCUT2D eigenvalue weighted by atomic mass is 10.0. The quantitative estimate of drug-likeness (QED) is 0.105. The first-order valence-corrected chi connectivity index (χ1v) is 13.2. The fraction of sp³-hybridized carbons (Fsp3) is 0.357. The van der Waals surface area contributed by atoms with E-state index in [0.717, 1.165) is 0 Å². The Morgan fingerprint density at radius 2 is 1.07 bits per heavy atom. The lowest BCUT2D eigenvalue weighted by Crippen LogP contribution is -2.57. The van der Waals surface area contributed by atoms with Crippen molar-refractivity contribution < 1.29 is 49.2 Å². The van der Waals surface area contributed by atoms with Crippen molar-refractivity contribution in [2.45, 2.75) is 62.7 Å². The number of phenols is 2. The molecule has 2 aromatic rings. The molecule has 15 heteroatoms. The third kappa shape index (κ3) is 12.1. The Hall–Kier alpha value is -5.18. The van der Waals surface area contributed by atoms with E-state index in [1.165, 1.54) is 48.5 Å². The molecule has 232 valence electrons.